The zero-order valence-electron chi connectivity index (χ0n) is 11.8. The Morgan fingerprint density at radius 2 is 2.05 bits per heavy atom. The number of carboxylic acid groups (broad SMARTS) is 1. The first-order chi connectivity index (χ1) is 8.73. The summed E-state index contributed by atoms with van der Waals surface area (Å²) in [5, 5.41) is 11.8. The van der Waals surface area contributed by atoms with Crippen molar-refractivity contribution >= 4 is 11.9 Å². The van der Waals surface area contributed by atoms with E-state index in [9.17, 15) is 9.59 Å². The highest BCUT2D eigenvalue weighted by Gasteiger charge is 2.29. The number of rotatable bonds is 5. The van der Waals surface area contributed by atoms with E-state index in [1.54, 1.807) is 12.2 Å². The fraction of sp³-hybridized carbons (Fsp3) is 0.714. The van der Waals surface area contributed by atoms with E-state index in [1.165, 1.54) is 0 Å². The van der Waals surface area contributed by atoms with Gasteiger partial charge in [0.1, 0.15) is 0 Å². The molecule has 108 valence electrons. The van der Waals surface area contributed by atoms with Gasteiger partial charge in [0.05, 0.1) is 11.8 Å². The molecule has 1 aliphatic rings. The Bertz CT molecular complexity index is 371. The number of carboxylic acids is 1. The van der Waals surface area contributed by atoms with Gasteiger partial charge in [0.15, 0.2) is 0 Å². The zero-order valence-corrected chi connectivity index (χ0v) is 11.8. The molecule has 0 aromatic heterocycles. The van der Waals surface area contributed by atoms with Gasteiger partial charge in [-0.2, -0.15) is 0 Å². The van der Waals surface area contributed by atoms with E-state index in [0.717, 1.165) is 0 Å². The molecule has 1 rings (SSSR count). The molecule has 0 radical (unpaired) electrons. The van der Waals surface area contributed by atoms with Crippen LogP contribution in [0.2, 0.25) is 0 Å². The van der Waals surface area contributed by atoms with Crippen molar-refractivity contribution in [3.63, 3.8) is 0 Å². The van der Waals surface area contributed by atoms with Gasteiger partial charge < -0.3 is 16.2 Å². The van der Waals surface area contributed by atoms with Crippen molar-refractivity contribution in [3.05, 3.63) is 12.2 Å². The maximum Gasteiger partial charge on any atom is 0.310 e. The van der Waals surface area contributed by atoms with Crippen molar-refractivity contribution in [1.29, 1.82) is 0 Å². The zero-order chi connectivity index (χ0) is 14.6. The number of hydrogen-bond acceptors (Lipinski definition) is 3. The predicted molar refractivity (Wildman–Crippen MR) is 73.4 cm³/mol. The van der Waals surface area contributed by atoms with Gasteiger partial charge in [-0.05, 0) is 18.3 Å². The van der Waals surface area contributed by atoms with Crippen LogP contribution in [0.3, 0.4) is 0 Å². The van der Waals surface area contributed by atoms with E-state index in [1.807, 2.05) is 0 Å². The van der Waals surface area contributed by atoms with E-state index in [4.69, 9.17) is 10.8 Å². The number of hydrogen-bond donors (Lipinski definition) is 3. The minimum atomic E-state index is -0.849. The van der Waals surface area contributed by atoms with Gasteiger partial charge in [0.25, 0.3) is 0 Å². The highest BCUT2D eigenvalue weighted by molar-refractivity contribution is 5.80. The summed E-state index contributed by atoms with van der Waals surface area (Å²) in [7, 11) is 0. The summed E-state index contributed by atoms with van der Waals surface area (Å²) in [4.78, 5) is 22.9. The van der Waals surface area contributed by atoms with Crippen LogP contribution in [0.25, 0.3) is 0 Å². The fourth-order valence-electron chi connectivity index (χ4n) is 2.31. The highest BCUT2D eigenvalue weighted by Crippen LogP contribution is 2.25. The molecule has 0 bridgehead atoms. The van der Waals surface area contributed by atoms with E-state index in [2.05, 4.69) is 26.1 Å². The van der Waals surface area contributed by atoms with E-state index in [0.29, 0.717) is 19.4 Å². The van der Waals surface area contributed by atoms with Gasteiger partial charge in [-0.15, -0.1) is 0 Å². The average molecular weight is 268 g/mol. The van der Waals surface area contributed by atoms with E-state index < -0.39 is 11.9 Å². The molecule has 1 aliphatic carbocycles. The Labute approximate surface area is 114 Å². The van der Waals surface area contributed by atoms with Crippen molar-refractivity contribution < 1.29 is 14.7 Å². The predicted octanol–water partition coefficient (Wildman–Crippen LogP) is 1.14. The van der Waals surface area contributed by atoms with Crippen molar-refractivity contribution in [2.24, 2.45) is 23.0 Å². The summed E-state index contributed by atoms with van der Waals surface area (Å²) in [6.07, 6.45) is 4.53. The summed E-state index contributed by atoms with van der Waals surface area (Å²) < 4.78 is 0. The fourth-order valence-corrected chi connectivity index (χ4v) is 2.31. The lowest BCUT2D eigenvalue weighted by Crippen LogP contribution is -2.41. The maximum absolute atomic E-state index is 12.1. The Morgan fingerprint density at radius 1 is 1.42 bits per heavy atom. The third kappa shape index (κ3) is 5.03. The van der Waals surface area contributed by atoms with Gasteiger partial charge in [-0.1, -0.05) is 32.9 Å². The van der Waals surface area contributed by atoms with Gasteiger partial charge in [-0.25, -0.2) is 0 Å². The smallest absolute Gasteiger partial charge is 0.310 e. The molecule has 5 nitrogen and oxygen atoms in total. The molecule has 0 fully saturated rings. The number of nitrogens with two attached hydrogens (primary N) is 1. The topological polar surface area (TPSA) is 92.4 Å². The van der Waals surface area contributed by atoms with Crippen molar-refractivity contribution in [2.75, 3.05) is 6.54 Å². The molecule has 0 heterocycles. The first-order valence-corrected chi connectivity index (χ1v) is 6.64. The number of carbonyl (C=O) groups excluding carboxylic acids is 1. The normalized spacial score (nSPS) is 24.2. The monoisotopic (exact) mass is 268 g/mol. The van der Waals surface area contributed by atoms with Crippen LogP contribution in [0.15, 0.2) is 12.2 Å². The van der Waals surface area contributed by atoms with Gasteiger partial charge in [0, 0.05) is 12.6 Å². The van der Waals surface area contributed by atoms with Gasteiger partial charge in [0.2, 0.25) is 5.91 Å². The Kier molecular flexibility index (Phi) is 5.11. The lowest BCUT2D eigenvalue weighted by atomic mass is 9.84. The van der Waals surface area contributed by atoms with Crippen LogP contribution in [0, 0.1) is 17.3 Å². The molecule has 1 amide bonds. The number of amides is 1. The number of nitrogens with one attached hydrogen (secondary N) is 1. The number of carbonyl (C=O) groups is 2. The SMILES string of the molecule is CC(C)(C)CC(CN)C(=O)NC1C=CC(C(=O)O)C1. The molecule has 0 spiro atoms. The first kappa shape index (κ1) is 15.7. The quantitative estimate of drug-likeness (QED) is 0.652. The van der Waals surface area contributed by atoms with Crippen molar-refractivity contribution in [2.45, 2.75) is 39.7 Å². The largest absolute Gasteiger partial charge is 0.481 e. The summed E-state index contributed by atoms with van der Waals surface area (Å²) in [5.41, 5.74) is 5.70. The van der Waals surface area contributed by atoms with Crippen LogP contribution in [0.5, 0.6) is 0 Å². The second-order valence-corrected chi connectivity index (χ2v) is 6.38. The van der Waals surface area contributed by atoms with Crippen LogP contribution >= 0.6 is 0 Å². The molecule has 19 heavy (non-hydrogen) atoms. The molecular formula is C14H24N2O3. The summed E-state index contributed by atoms with van der Waals surface area (Å²) in [5.74, 6) is -1.65. The Morgan fingerprint density at radius 3 is 2.47 bits per heavy atom. The summed E-state index contributed by atoms with van der Waals surface area (Å²) >= 11 is 0. The minimum Gasteiger partial charge on any atom is -0.481 e. The summed E-state index contributed by atoms with van der Waals surface area (Å²) in [6.45, 7) is 6.51. The standard InChI is InChI=1S/C14H24N2O3/c1-14(2,3)7-10(8-15)12(17)16-11-5-4-9(6-11)13(18)19/h4-5,9-11H,6-8,15H2,1-3H3,(H,16,17)(H,18,19). The second kappa shape index (κ2) is 6.19. The summed E-state index contributed by atoms with van der Waals surface area (Å²) in [6, 6.07) is -0.192. The highest BCUT2D eigenvalue weighted by atomic mass is 16.4. The van der Waals surface area contributed by atoms with Gasteiger partial charge >= 0.3 is 5.97 Å². The molecule has 3 unspecified atom stereocenters. The van der Waals surface area contributed by atoms with E-state index in [-0.39, 0.29) is 23.3 Å². The molecule has 0 aromatic rings. The molecule has 0 aliphatic heterocycles. The Balaban J connectivity index is 2.51. The van der Waals surface area contributed by atoms with Crippen LogP contribution in [-0.4, -0.2) is 29.6 Å². The lowest BCUT2D eigenvalue weighted by Gasteiger charge is -2.25. The molecule has 3 atom stereocenters. The Hall–Kier alpha value is -1.36. The lowest BCUT2D eigenvalue weighted by molar-refractivity contribution is -0.140. The van der Waals surface area contributed by atoms with Crippen LogP contribution < -0.4 is 11.1 Å². The average Bonchev–Trinajstić information content (AvgIpc) is 2.73. The second-order valence-electron chi connectivity index (χ2n) is 6.38. The van der Waals surface area contributed by atoms with Crippen LogP contribution in [0.1, 0.15) is 33.6 Å². The number of aliphatic carboxylic acids is 1. The van der Waals surface area contributed by atoms with Crippen molar-refractivity contribution in [3.8, 4) is 0 Å². The first-order valence-electron chi connectivity index (χ1n) is 6.64. The molecule has 4 N–H and O–H groups in total. The molecule has 5 heteroatoms. The maximum atomic E-state index is 12.1. The molecule has 0 saturated carbocycles. The van der Waals surface area contributed by atoms with E-state index >= 15 is 0 Å². The third-order valence-electron chi connectivity index (χ3n) is 3.24. The minimum absolute atomic E-state index is 0.0382. The van der Waals surface area contributed by atoms with Crippen LogP contribution in [-0.2, 0) is 9.59 Å². The third-order valence-corrected chi connectivity index (χ3v) is 3.24. The molecular weight excluding hydrogens is 244 g/mol. The van der Waals surface area contributed by atoms with Crippen LogP contribution in [0.4, 0.5) is 0 Å². The van der Waals surface area contributed by atoms with Crippen molar-refractivity contribution in [1.82, 2.24) is 5.32 Å². The molecule has 0 aromatic carbocycles. The molecule has 0 saturated heterocycles. The van der Waals surface area contributed by atoms with Gasteiger partial charge in [-0.3, -0.25) is 9.59 Å².